The molecule has 13 heteroatoms. The van der Waals surface area contributed by atoms with Gasteiger partial charge in [0.05, 0.1) is 6.04 Å². The first kappa shape index (κ1) is 22.1. The predicted molar refractivity (Wildman–Crippen MR) is 118 cm³/mol. The third kappa shape index (κ3) is 4.30. The van der Waals surface area contributed by atoms with E-state index in [4.69, 9.17) is 0 Å². The van der Waals surface area contributed by atoms with E-state index in [9.17, 15) is 19.5 Å². The zero-order chi connectivity index (χ0) is 22.8. The van der Waals surface area contributed by atoms with Crippen LogP contribution in [0.15, 0.2) is 46.8 Å². The zero-order valence-corrected chi connectivity index (χ0v) is 18.9. The van der Waals surface area contributed by atoms with Crippen LogP contribution in [0.1, 0.15) is 18.5 Å². The summed E-state index contributed by atoms with van der Waals surface area (Å²) < 4.78 is 1.49. The van der Waals surface area contributed by atoms with Crippen LogP contribution in [0.5, 0.6) is 0 Å². The average Bonchev–Trinajstić information content (AvgIpc) is 3.20. The smallest absolute Gasteiger partial charge is 0.352 e. The maximum Gasteiger partial charge on any atom is 0.352 e. The Morgan fingerprint density at radius 3 is 2.75 bits per heavy atom. The third-order valence-corrected chi connectivity index (χ3v) is 7.58. The van der Waals surface area contributed by atoms with Gasteiger partial charge >= 0.3 is 12.0 Å². The molecule has 1 aromatic heterocycles. The lowest BCUT2D eigenvalue weighted by atomic mass is 10.0. The number of tetrazole rings is 1. The number of aliphatic carboxylic acids is 1. The maximum atomic E-state index is 12.8. The van der Waals surface area contributed by atoms with E-state index in [0.29, 0.717) is 22.2 Å². The monoisotopic (exact) mass is 475 g/mol. The fourth-order valence-electron chi connectivity index (χ4n) is 3.49. The fourth-order valence-corrected chi connectivity index (χ4v) is 5.83. The first-order valence-corrected chi connectivity index (χ1v) is 11.8. The Balaban J connectivity index is 1.41. The van der Waals surface area contributed by atoms with Gasteiger partial charge in [-0.3, -0.25) is 9.69 Å². The highest BCUT2D eigenvalue weighted by atomic mass is 32.2. The van der Waals surface area contributed by atoms with Gasteiger partial charge in [-0.1, -0.05) is 42.1 Å². The van der Waals surface area contributed by atoms with Crippen molar-refractivity contribution in [2.75, 3.05) is 11.5 Å². The van der Waals surface area contributed by atoms with Crippen LogP contribution in [0.2, 0.25) is 0 Å². The van der Waals surface area contributed by atoms with Crippen molar-refractivity contribution in [2.45, 2.75) is 29.5 Å². The van der Waals surface area contributed by atoms with Crippen LogP contribution in [0.3, 0.4) is 0 Å². The molecular weight excluding hydrogens is 454 g/mol. The van der Waals surface area contributed by atoms with E-state index in [-0.39, 0.29) is 11.7 Å². The molecule has 3 heterocycles. The number of carbonyl (C=O) groups excluding carboxylic acids is 2. The number of hydrogen-bond acceptors (Lipinski definition) is 8. The summed E-state index contributed by atoms with van der Waals surface area (Å²) in [7, 11) is 1.69. The van der Waals surface area contributed by atoms with E-state index in [0.717, 1.165) is 5.56 Å². The lowest BCUT2D eigenvalue weighted by Crippen LogP contribution is -2.71. The molecule has 0 radical (unpaired) electrons. The summed E-state index contributed by atoms with van der Waals surface area (Å²) in [5, 5.41) is 26.5. The molecule has 2 aliphatic rings. The fraction of sp³-hybridized carbons (Fsp3) is 0.368. The summed E-state index contributed by atoms with van der Waals surface area (Å²) in [6.45, 7) is 1.85. The number of fused-ring (bicyclic) bond motifs is 1. The topological polar surface area (TPSA) is 142 Å². The van der Waals surface area contributed by atoms with Crippen LogP contribution < -0.4 is 10.6 Å². The van der Waals surface area contributed by atoms with Gasteiger partial charge in [0, 0.05) is 18.6 Å². The van der Waals surface area contributed by atoms with Gasteiger partial charge in [0.15, 0.2) is 0 Å². The highest BCUT2D eigenvalue weighted by Crippen LogP contribution is 2.41. The number of β-lactam (4-membered cyclic amide) rings is 1. The maximum absolute atomic E-state index is 12.8. The number of carboxylic acids is 1. The molecule has 168 valence electrons. The highest BCUT2D eigenvalue weighted by Gasteiger charge is 2.54. The number of nitrogens with zero attached hydrogens (tertiary/aromatic N) is 5. The summed E-state index contributed by atoms with van der Waals surface area (Å²) in [5.74, 6) is -0.845. The zero-order valence-electron chi connectivity index (χ0n) is 17.3. The lowest BCUT2D eigenvalue weighted by Gasteiger charge is -2.49. The number of benzene rings is 1. The van der Waals surface area contributed by atoms with Crippen LogP contribution in [0.4, 0.5) is 4.79 Å². The lowest BCUT2D eigenvalue weighted by molar-refractivity contribution is -0.148. The Morgan fingerprint density at radius 1 is 1.34 bits per heavy atom. The minimum Gasteiger partial charge on any atom is -0.477 e. The van der Waals surface area contributed by atoms with E-state index < -0.39 is 29.3 Å². The average molecular weight is 476 g/mol. The van der Waals surface area contributed by atoms with E-state index in [1.165, 1.54) is 33.1 Å². The first-order valence-electron chi connectivity index (χ1n) is 9.74. The van der Waals surface area contributed by atoms with Crippen LogP contribution in [-0.2, 0) is 16.6 Å². The van der Waals surface area contributed by atoms with Gasteiger partial charge in [-0.25, -0.2) is 14.3 Å². The van der Waals surface area contributed by atoms with Crippen LogP contribution >= 0.6 is 23.5 Å². The van der Waals surface area contributed by atoms with Crippen molar-refractivity contribution >= 4 is 41.4 Å². The van der Waals surface area contributed by atoms with Crippen molar-refractivity contribution in [3.8, 4) is 0 Å². The van der Waals surface area contributed by atoms with E-state index >= 15 is 0 Å². The molecule has 2 aromatic rings. The van der Waals surface area contributed by atoms with Crippen LogP contribution in [0, 0.1) is 0 Å². The van der Waals surface area contributed by atoms with Crippen molar-refractivity contribution in [1.29, 1.82) is 0 Å². The molecule has 32 heavy (non-hydrogen) atoms. The quantitative estimate of drug-likeness (QED) is 0.394. The minimum atomic E-state index is -1.17. The molecule has 3 N–H and O–H groups in total. The van der Waals surface area contributed by atoms with Gasteiger partial charge in [0.25, 0.3) is 5.91 Å². The van der Waals surface area contributed by atoms with E-state index in [2.05, 4.69) is 26.2 Å². The molecule has 1 saturated heterocycles. The number of carbonyl (C=O) groups is 3. The van der Waals surface area contributed by atoms with E-state index in [1.54, 1.807) is 7.05 Å². The largest absolute Gasteiger partial charge is 0.477 e. The summed E-state index contributed by atoms with van der Waals surface area (Å²) >= 11 is 2.72. The number of urea groups is 1. The second-order valence-corrected chi connectivity index (χ2v) is 9.32. The molecule has 2 aliphatic heterocycles. The summed E-state index contributed by atoms with van der Waals surface area (Å²) in [5.41, 5.74) is 1.52. The standard InChI is InChI=1S/C19H21N7O4S2/c1-10(11-6-4-3-5-7-11)20-18(30)21-13-15(27)26-14(17(28)29)12(8-31-16(13)26)9-32-19-22-23-24-25(19)2/h3-7,10,13,16H,8-9H2,1-2H3,(H,28,29)(H2,20,21,30)/t10?,13?,16-/m1/s1. The Kier molecular flexibility index (Phi) is 6.37. The molecule has 4 rings (SSSR count). The normalized spacial score (nSPS) is 20.9. The molecule has 0 aliphatic carbocycles. The molecule has 0 saturated carbocycles. The van der Waals surface area contributed by atoms with Gasteiger partial charge in [-0.2, -0.15) is 0 Å². The van der Waals surface area contributed by atoms with Gasteiger partial charge in [0.2, 0.25) is 5.16 Å². The summed E-state index contributed by atoms with van der Waals surface area (Å²) in [6.07, 6.45) is 0. The number of aryl methyl sites for hydroxylation is 1. The number of aromatic nitrogens is 4. The second-order valence-electron chi connectivity index (χ2n) is 7.27. The van der Waals surface area contributed by atoms with Gasteiger partial charge in [0.1, 0.15) is 17.1 Å². The molecule has 0 bridgehead atoms. The molecular formula is C19H21N7O4S2. The van der Waals surface area contributed by atoms with Gasteiger partial charge < -0.3 is 15.7 Å². The Hall–Kier alpha value is -3.06. The Morgan fingerprint density at radius 2 is 2.09 bits per heavy atom. The number of carboxylic acid groups (broad SMARTS) is 1. The summed E-state index contributed by atoms with van der Waals surface area (Å²) in [6, 6.07) is 7.96. The Labute approximate surface area is 192 Å². The van der Waals surface area contributed by atoms with Crippen molar-refractivity contribution in [3.05, 3.63) is 47.2 Å². The SMILES string of the molecule is CC(NC(=O)NC1C(=O)N2C(C(=O)O)=C(CSc3nnnn3C)CS[C@H]12)c1ccccc1. The second kappa shape index (κ2) is 9.20. The number of thioether (sulfide) groups is 2. The predicted octanol–water partition coefficient (Wildman–Crippen LogP) is 0.985. The van der Waals surface area contributed by atoms with Crippen molar-refractivity contribution in [2.24, 2.45) is 7.05 Å². The van der Waals surface area contributed by atoms with E-state index in [1.807, 2.05) is 37.3 Å². The molecule has 1 fully saturated rings. The molecule has 11 nitrogen and oxygen atoms in total. The van der Waals surface area contributed by atoms with Gasteiger partial charge in [-0.15, -0.1) is 16.9 Å². The van der Waals surface area contributed by atoms with Crippen LogP contribution in [0.25, 0.3) is 0 Å². The van der Waals surface area contributed by atoms with Crippen molar-refractivity contribution in [3.63, 3.8) is 0 Å². The molecule has 0 spiro atoms. The molecule has 3 atom stereocenters. The minimum absolute atomic E-state index is 0.0301. The first-order chi connectivity index (χ1) is 15.4. The van der Waals surface area contributed by atoms with Crippen LogP contribution in [-0.4, -0.2) is 71.0 Å². The summed E-state index contributed by atoms with van der Waals surface area (Å²) in [4.78, 5) is 38.4. The van der Waals surface area contributed by atoms with Gasteiger partial charge in [-0.05, 0) is 28.5 Å². The number of amides is 3. The van der Waals surface area contributed by atoms with Crippen molar-refractivity contribution < 1.29 is 19.5 Å². The number of nitrogens with one attached hydrogen (secondary N) is 2. The third-order valence-electron chi connectivity index (χ3n) is 5.14. The molecule has 1 aromatic carbocycles. The van der Waals surface area contributed by atoms with Crippen molar-refractivity contribution in [1.82, 2.24) is 35.7 Å². The molecule has 2 unspecified atom stereocenters. The number of hydrogen-bond donors (Lipinski definition) is 3. The number of rotatable bonds is 7. The highest BCUT2D eigenvalue weighted by molar-refractivity contribution is 8.01. The Bertz CT molecular complexity index is 1070. The molecule has 3 amide bonds.